The monoisotopic (exact) mass is 857 g/mol. The van der Waals surface area contributed by atoms with E-state index in [2.05, 4.69) is 61.1 Å². The van der Waals surface area contributed by atoms with E-state index in [1.54, 1.807) is 55.5 Å². The number of hydrogen-bond donors (Lipinski definition) is 6. The van der Waals surface area contributed by atoms with Crippen LogP contribution in [0.25, 0.3) is 5.69 Å². The predicted molar refractivity (Wildman–Crippen MR) is 223 cm³/mol. The van der Waals surface area contributed by atoms with Crippen molar-refractivity contribution in [3.05, 3.63) is 113 Å². The van der Waals surface area contributed by atoms with Gasteiger partial charge in [0.2, 0.25) is 10.9 Å². The van der Waals surface area contributed by atoms with Gasteiger partial charge in [-0.05, 0) is 103 Å². The average molecular weight is 858 g/mol. The number of nitrogens with zero attached hydrogens (tertiary/aromatic N) is 8. The lowest BCUT2D eigenvalue weighted by molar-refractivity contribution is 0.0949. The van der Waals surface area contributed by atoms with Crippen molar-refractivity contribution in [3.63, 3.8) is 0 Å². The molecule has 3 heterocycles. The van der Waals surface area contributed by atoms with E-state index >= 15 is 0 Å². The minimum atomic E-state index is -0.724. The van der Waals surface area contributed by atoms with Gasteiger partial charge in [0.1, 0.15) is 11.5 Å². The number of nitrogens with one attached hydrogen (secondary N) is 1. The van der Waals surface area contributed by atoms with Gasteiger partial charge in [-0.25, -0.2) is 4.98 Å². The van der Waals surface area contributed by atoms with Gasteiger partial charge < -0.3 is 35.4 Å². The molecule has 7 aromatic rings. The van der Waals surface area contributed by atoms with Crippen molar-refractivity contribution in [2.75, 3.05) is 12.3 Å². The summed E-state index contributed by atoms with van der Waals surface area (Å²) in [5.74, 6) is -1.28. The number of hydrogen-bond acceptors (Lipinski definition) is 16. The van der Waals surface area contributed by atoms with Crippen LogP contribution in [0.5, 0.6) is 28.7 Å². The molecule has 15 nitrogen and oxygen atoms in total. The van der Waals surface area contributed by atoms with Gasteiger partial charge >= 0.3 is 0 Å². The third-order valence-electron chi connectivity index (χ3n) is 8.49. The van der Waals surface area contributed by atoms with Crippen LogP contribution in [0.1, 0.15) is 39.0 Å². The quantitative estimate of drug-likeness (QED) is 0.0274. The molecule has 6 N–H and O–H groups in total. The first-order chi connectivity index (χ1) is 28.0. The summed E-state index contributed by atoms with van der Waals surface area (Å²) in [6, 6.07) is 19.6. The van der Waals surface area contributed by atoms with Gasteiger partial charge in [0.15, 0.2) is 20.2 Å². The molecule has 58 heavy (non-hydrogen) atoms. The maximum Gasteiger partial charge on any atom is 0.252 e. The first-order valence-electron chi connectivity index (χ1n) is 17.7. The lowest BCUT2D eigenvalue weighted by Crippen LogP contribution is -2.25. The molecule has 1 amide bonds. The van der Waals surface area contributed by atoms with Gasteiger partial charge in [-0.15, -0.1) is 15.3 Å². The summed E-state index contributed by atoms with van der Waals surface area (Å²) in [6.45, 7) is 7.10. The topological polar surface area (TPSA) is 217 Å². The summed E-state index contributed by atoms with van der Waals surface area (Å²) in [5, 5.41) is 73.4. The number of tetrazole rings is 1. The minimum absolute atomic E-state index is 0.00284. The molecular weight excluding hydrogens is 819 g/mol. The van der Waals surface area contributed by atoms with Crippen molar-refractivity contribution in [3.8, 4) is 34.4 Å². The zero-order valence-electron chi connectivity index (χ0n) is 31.5. The smallest absolute Gasteiger partial charge is 0.252 e. The Kier molecular flexibility index (Phi) is 14.1. The van der Waals surface area contributed by atoms with Gasteiger partial charge in [0.05, 0.1) is 27.4 Å². The van der Waals surface area contributed by atoms with Crippen LogP contribution in [0.4, 0.5) is 0 Å². The van der Waals surface area contributed by atoms with Crippen LogP contribution in [0.3, 0.4) is 0 Å². The number of amides is 1. The summed E-state index contributed by atoms with van der Waals surface area (Å²) in [4.78, 5) is 17.6. The van der Waals surface area contributed by atoms with Crippen LogP contribution in [0.2, 0.25) is 0 Å². The molecule has 7 rings (SSSR count). The Morgan fingerprint density at radius 3 is 2.38 bits per heavy atom. The molecule has 19 heteroatoms. The van der Waals surface area contributed by atoms with E-state index in [4.69, 9.17) is 0 Å². The van der Waals surface area contributed by atoms with Crippen molar-refractivity contribution in [1.82, 2.24) is 45.3 Å². The molecule has 0 unspecified atom stereocenters. The van der Waals surface area contributed by atoms with Gasteiger partial charge in [-0.2, -0.15) is 4.68 Å². The SMILES string of the molecule is Cc1cc(O)c(Sc2nnc(SCCn3ccnc3)s2)cc1O.Cc1ccc(CCCNC(=O)c2cc(O)c(O)c(O)c2Sc2nnnn2-c2ccccc2)c(C)c1. The Hall–Kier alpha value is -5.76. The Labute approximate surface area is 350 Å². The van der Waals surface area contributed by atoms with E-state index in [0.717, 1.165) is 45.2 Å². The molecule has 0 aliphatic heterocycles. The standard InChI is InChI=1S/C25H25N5O4S.C14H14N4O2S3/c1-15-10-11-17(16(2)13-15)7-6-12-26-24(34)19-14-20(31)21(32)22(33)23(19)35-25-27-28-29-30(25)18-8-4-3-5-9-18;1-9-6-11(20)12(7-10(9)19)22-14-17-16-13(23-14)21-5-4-18-3-2-15-8-18/h3-5,8-11,13-14,31-33H,6-7,12H2,1-2H3,(H,26,34);2-3,6-8,19-20H,4-5H2,1H3. The van der Waals surface area contributed by atoms with Gasteiger partial charge in [-0.1, -0.05) is 76.8 Å². The number of aryl methyl sites for hydroxylation is 5. The first kappa shape index (κ1) is 41.9. The van der Waals surface area contributed by atoms with Crippen molar-refractivity contribution in [2.45, 2.75) is 63.8 Å². The third kappa shape index (κ3) is 10.8. The Bertz CT molecular complexity index is 2480. The molecule has 0 bridgehead atoms. The molecular formula is C39H39N9O6S4. The molecule has 4 aromatic carbocycles. The highest BCUT2D eigenvalue weighted by Gasteiger charge is 2.25. The Morgan fingerprint density at radius 2 is 1.62 bits per heavy atom. The summed E-state index contributed by atoms with van der Waals surface area (Å²) < 4.78 is 5.06. The fourth-order valence-electron chi connectivity index (χ4n) is 5.46. The number of carbonyl (C=O) groups excluding carboxylic acids is 1. The molecule has 0 aliphatic carbocycles. The number of aromatic hydroxyl groups is 5. The fourth-order valence-corrected chi connectivity index (χ4v) is 9.45. The highest BCUT2D eigenvalue weighted by molar-refractivity contribution is 8.03. The van der Waals surface area contributed by atoms with Crippen LogP contribution in [0, 0.1) is 20.8 Å². The molecule has 0 atom stereocenters. The zero-order chi connectivity index (χ0) is 41.2. The van der Waals surface area contributed by atoms with Crippen molar-refractivity contribution >= 4 is 52.5 Å². The first-order valence-corrected chi connectivity index (χ1v) is 21.2. The van der Waals surface area contributed by atoms with Crippen molar-refractivity contribution in [1.29, 1.82) is 0 Å². The largest absolute Gasteiger partial charge is 0.508 e. The second-order valence-electron chi connectivity index (χ2n) is 12.8. The second kappa shape index (κ2) is 19.6. The van der Waals surface area contributed by atoms with E-state index < -0.39 is 23.2 Å². The number of phenolic OH excluding ortho intramolecular Hbond substituents is 5. The van der Waals surface area contributed by atoms with E-state index in [0.29, 0.717) is 29.1 Å². The number of benzene rings is 4. The third-order valence-corrected chi connectivity index (χ3v) is 12.7. The molecule has 0 spiro atoms. The van der Waals surface area contributed by atoms with Crippen LogP contribution >= 0.6 is 46.6 Å². The maximum absolute atomic E-state index is 13.0. The van der Waals surface area contributed by atoms with E-state index in [9.17, 15) is 30.3 Å². The van der Waals surface area contributed by atoms with Crippen LogP contribution in [-0.2, 0) is 13.0 Å². The lowest BCUT2D eigenvalue weighted by Gasteiger charge is -2.14. The van der Waals surface area contributed by atoms with Crippen LogP contribution in [-0.4, -0.2) is 83.7 Å². The molecule has 0 saturated heterocycles. The number of rotatable bonds is 14. The average Bonchev–Trinajstić information content (AvgIpc) is 4.01. The Balaban J connectivity index is 0.000000213. The minimum Gasteiger partial charge on any atom is -0.508 e. The fraction of sp³-hybridized carbons (Fsp3) is 0.205. The molecule has 300 valence electrons. The highest BCUT2D eigenvalue weighted by atomic mass is 32.2. The molecule has 0 saturated carbocycles. The summed E-state index contributed by atoms with van der Waals surface area (Å²) >= 11 is 5.30. The van der Waals surface area contributed by atoms with Crippen molar-refractivity contribution < 1.29 is 30.3 Å². The number of para-hydroxylation sites is 1. The molecule has 0 fully saturated rings. The highest BCUT2D eigenvalue weighted by Crippen LogP contribution is 2.46. The van der Waals surface area contributed by atoms with E-state index in [1.165, 1.54) is 44.5 Å². The summed E-state index contributed by atoms with van der Waals surface area (Å²) in [7, 11) is 0. The molecule has 0 radical (unpaired) electrons. The predicted octanol–water partition coefficient (Wildman–Crippen LogP) is 7.31. The van der Waals surface area contributed by atoms with Crippen LogP contribution < -0.4 is 5.32 Å². The van der Waals surface area contributed by atoms with Gasteiger partial charge in [0.25, 0.3) is 5.91 Å². The Morgan fingerprint density at radius 1 is 0.828 bits per heavy atom. The second-order valence-corrected chi connectivity index (χ2v) is 17.3. The van der Waals surface area contributed by atoms with Gasteiger partial charge in [-0.3, -0.25) is 4.79 Å². The lowest BCUT2D eigenvalue weighted by atomic mass is 10.0. The number of aromatic nitrogens is 8. The van der Waals surface area contributed by atoms with E-state index in [-0.39, 0.29) is 27.1 Å². The number of phenols is 5. The maximum atomic E-state index is 13.0. The number of thioether (sulfide) groups is 1. The number of imidazole rings is 1. The van der Waals surface area contributed by atoms with E-state index in [1.807, 2.05) is 35.9 Å². The zero-order valence-corrected chi connectivity index (χ0v) is 34.7. The normalized spacial score (nSPS) is 10.9. The molecule has 0 aliphatic rings. The van der Waals surface area contributed by atoms with Crippen molar-refractivity contribution in [2.24, 2.45) is 0 Å². The summed E-state index contributed by atoms with van der Waals surface area (Å²) in [5.41, 5.74) is 4.94. The van der Waals surface area contributed by atoms with Crippen LogP contribution in [0.15, 0.2) is 109 Å². The molecule has 3 aromatic heterocycles. The summed E-state index contributed by atoms with van der Waals surface area (Å²) in [6.07, 6.45) is 6.98. The van der Waals surface area contributed by atoms with Gasteiger partial charge in [0, 0.05) is 31.2 Å². The number of carbonyl (C=O) groups is 1.